The van der Waals surface area contributed by atoms with E-state index in [4.69, 9.17) is 15.5 Å². The van der Waals surface area contributed by atoms with E-state index < -0.39 is 0 Å². The van der Waals surface area contributed by atoms with Gasteiger partial charge in [0.2, 0.25) is 0 Å². The summed E-state index contributed by atoms with van der Waals surface area (Å²) in [6.07, 6.45) is 7.40. The second kappa shape index (κ2) is 8.68. The zero-order valence-electron chi connectivity index (χ0n) is 15.5. The second-order valence-electron chi connectivity index (χ2n) is 7.26. The summed E-state index contributed by atoms with van der Waals surface area (Å²) in [5, 5.41) is 3.24. The first-order valence-electron chi connectivity index (χ1n) is 9.70. The molecule has 1 aromatic rings. The number of hydrogen-bond acceptors (Lipinski definition) is 3. The summed E-state index contributed by atoms with van der Waals surface area (Å²) in [7, 11) is 0. The lowest BCUT2D eigenvalue weighted by atomic mass is 9.80. The SMILES string of the molecule is CCc1ccc(NC(N)=NCC2(N3CCOCC3)CCCCC2)cc1. The number of benzene rings is 1. The van der Waals surface area contributed by atoms with Crippen LogP contribution in [0.4, 0.5) is 5.69 Å². The van der Waals surface area contributed by atoms with Crippen LogP contribution in [-0.4, -0.2) is 49.2 Å². The van der Waals surface area contributed by atoms with Gasteiger partial charge in [-0.1, -0.05) is 38.3 Å². The Bertz CT molecular complexity index is 558. The Morgan fingerprint density at radius 1 is 1.16 bits per heavy atom. The molecule has 3 N–H and O–H groups in total. The highest BCUT2D eigenvalue weighted by Crippen LogP contribution is 2.34. The highest BCUT2D eigenvalue weighted by Gasteiger charge is 2.38. The van der Waals surface area contributed by atoms with E-state index >= 15 is 0 Å². The summed E-state index contributed by atoms with van der Waals surface area (Å²) in [5.74, 6) is 0.516. The Morgan fingerprint density at radius 3 is 2.48 bits per heavy atom. The Kier molecular flexibility index (Phi) is 6.32. The van der Waals surface area contributed by atoms with Gasteiger partial charge in [-0.15, -0.1) is 0 Å². The highest BCUT2D eigenvalue weighted by atomic mass is 16.5. The Hall–Kier alpha value is -1.59. The van der Waals surface area contributed by atoms with Gasteiger partial charge in [-0.3, -0.25) is 9.89 Å². The molecular formula is C20H32N4O. The number of aliphatic imine (C=N–C) groups is 1. The summed E-state index contributed by atoms with van der Waals surface area (Å²) >= 11 is 0. The van der Waals surface area contributed by atoms with E-state index in [1.54, 1.807) is 0 Å². The minimum Gasteiger partial charge on any atom is -0.379 e. The second-order valence-corrected chi connectivity index (χ2v) is 7.26. The van der Waals surface area contributed by atoms with Crippen molar-refractivity contribution < 1.29 is 4.74 Å². The topological polar surface area (TPSA) is 62.9 Å². The monoisotopic (exact) mass is 344 g/mol. The smallest absolute Gasteiger partial charge is 0.193 e. The number of hydrogen-bond donors (Lipinski definition) is 2. The largest absolute Gasteiger partial charge is 0.379 e. The van der Waals surface area contributed by atoms with Crippen molar-refractivity contribution >= 4 is 11.6 Å². The maximum atomic E-state index is 6.18. The van der Waals surface area contributed by atoms with E-state index in [1.165, 1.54) is 37.7 Å². The normalized spacial score (nSPS) is 21.9. The van der Waals surface area contributed by atoms with Crippen LogP contribution in [0.2, 0.25) is 0 Å². The van der Waals surface area contributed by atoms with Gasteiger partial charge in [-0.2, -0.15) is 0 Å². The number of nitrogens with zero attached hydrogens (tertiary/aromatic N) is 2. The predicted octanol–water partition coefficient (Wildman–Crippen LogP) is 3.01. The van der Waals surface area contributed by atoms with E-state index in [0.29, 0.717) is 5.96 Å². The molecule has 0 atom stereocenters. The van der Waals surface area contributed by atoms with Crippen molar-refractivity contribution in [1.29, 1.82) is 0 Å². The van der Waals surface area contributed by atoms with Crippen molar-refractivity contribution in [2.24, 2.45) is 10.7 Å². The van der Waals surface area contributed by atoms with Gasteiger partial charge >= 0.3 is 0 Å². The molecular weight excluding hydrogens is 312 g/mol. The third-order valence-corrected chi connectivity index (χ3v) is 5.64. The van der Waals surface area contributed by atoms with Gasteiger partial charge in [0.15, 0.2) is 5.96 Å². The van der Waals surface area contributed by atoms with Gasteiger partial charge in [0.1, 0.15) is 0 Å². The first kappa shape index (κ1) is 18.2. The average molecular weight is 345 g/mol. The lowest BCUT2D eigenvalue weighted by Crippen LogP contribution is -2.56. The molecule has 0 spiro atoms. The number of nitrogens with two attached hydrogens (primary N) is 1. The summed E-state index contributed by atoms with van der Waals surface area (Å²) in [6.45, 7) is 6.64. The number of aryl methyl sites for hydroxylation is 1. The molecule has 5 heteroatoms. The Balaban J connectivity index is 1.64. The van der Waals surface area contributed by atoms with Crippen LogP contribution < -0.4 is 11.1 Å². The number of anilines is 1. The molecule has 138 valence electrons. The van der Waals surface area contributed by atoms with Gasteiger partial charge in [0.05, 0.1) is 19.8 Å². The fraction of sp³-hybridized carbons (Fsp3) is 0.650. The molecule has 1 aliphatic carbocycles. The van der Waals surface area contributed by atoms with Crippen LogP contribution in [0.5, 0.6) is 0 Å². The molecule has 0 aromatic heterocycles. The molecule has 1 saturated heterocycles. The molecule has 2 aliphatic rings. The Labute approximate surface area is 151 Å². The summed E-state index contributed by atoms with van der Waals surface area (Å²) in [5.41, 5.74) is 8.68. The van der Waals surface area contributed by atoms with Gasteiger partial charge < -0.3 is 15.8 Å². The molecule has 1 heterocycles. The molecule has 0 unspecified atom stereocenters. The molecule has 25 heavy (non-hydrogen) atoms. The van der Waals surface area contributed by atoms with Crippen LogP contribution in [-0.2, 0) is 11.2 Å². The molecule has 1 aliphatic heterocycles. The van der Waals surface area contributed by atoms with Gasteiger partial charge in [-0.05, 0) is 37.0 Å². The maximum absolute atomic E-state index is 6.18. The van der Waals surface area contributed by atoms with Gasteiger partial charge in [-0.25, -0.2) is 0 Å². The fourth-order valence-electron chi connectivity index (χ4n) is 4.07. The van der Waals surface area contributed by atoms with E-state index in [1.807, 2.05) is 0 Å². The molecule has 0 radical (unpaired) electrons. The zero-order chi connectivity index (χ0) is 17.5. The van der Waals surface area contributed by atoms with Gasteiger partial charge in [0.25, 0.3) is 0 Å². The van der Waals surface area contributed by atoms with Crippen molar-refractivity contribution in [1.82, 2.24) is 4.90 Å². The van der Waals surface area contributed by atoms with Crippen LogP contribution >= 0.6 is 0 Å². The van der Waals surface area contributed by atoms with E-state index in [2.05, 4.69) is 41.4 Å². The van der Waals surface area contributed by atoms with Crippen LogP contribution in [0.25, 0.3) is 0 Å². The van der Waals surface area contributed by atoms with Crippen molar-refractivity contribution in [2.75, 3.05) is 38.2 Å². The number of nitrogens with one attached hydrogen (secondary N) is 1. The molecule has 5 nitrogen and oxygen atoms in total. The van der Waals surface area contributed by atoms with Crippen LogP contribution in [0.1, 0.15) is 44.6 Å². The van der Waals surface area contributed by atoms with Crippen molar-refractivity contribution in [3.63, 3.8) is 0 Å². The molecule has 2 fully saturated rings. The molecule has 0 bridgehead atoms. The number of guanidine groups is 1. The predicted molar refractivity (Wildman–Crippen MR) is 104 cm³/mol. The fourth-order valence-corrected chi connectivity index (χ4v) is 4.07. The summed E-state index contributed by atoms with van der Waals surface area (Å²) in [4.78, 5) is 7.33. The minimum absolute atomic E-state index is 0.167. The molecule has 3 rings (SSSR count). The molecule has 1 aromatic carbocycles. The number of ether oxygens (including phenoxy) is 1. The Morgan fingerprint density at radius 2 is 1.84 bits per heavy atom. The third kappa shape index (κ3) is 4.73. The van der Waals surface area contributed by atoms with Crippen LogP contribution in [0.15, 0.2) is 29.3 Å². The quantitative estimate of drug-likeness (QED) is 0.637. The van der Waals surface area contributed by atoms with Crippen LogP contribution in [0.3, 0.4) is 0 Å². The molecule has 0 amide bonds. The highest BCUT2D eigenvalue weighted by molar-refractivity contribution is 5.92. The van der Waals surface area contributed by atoms with E-state index in [-0.39, 0.29) is 5.54 Å². The van der Waals surface area contributed by atoms with Crippen molar-refractivity contribution in [3.8, 4) is 0 Å². The first-order chi connectivity index (χ1) is 12.2. The first-order valence-corrected chi connectivity index (χ1v) is 9.70. The zero-order valence-corrected chi connectivity index (χ0v) is 15.5. The lowest BCUT2D eigenvalue weighted by molar-refractivity contribution is -0.0333. The minimum atomic E-state index is 0.167. The van der Waals surface area contributed by atoms with Gasteiger partial charge in [0, 0.05) is 24.3 Å². The number of morpholine rings is 1. The van der Waals surface area contributed by atoms with E-state index in [9.17, 15) is 0 Å². The average Bonchev–Trinajstić information content (AvgIpc) is 2.68. The standard InChI is InChI=1S/C20H32N4O/c1-2-17-6-8-18(9-7-17)23-19(21)22-16-20(10-4-3-5-11-20)24-12-14-25-15-13-24/h6-9H,2-5,10-16H2,1H3,(H3,21,22,23). The lowest BCUT2D eigenvalue weighted by Gasteiger charge is -2.47. The summed E-state index contributed by atoms with van der Waals surface area (Å²) in [6, 6.07) is 8.40. The van der Waals surface area contributed by atoms with E-state index in [0.717, 1.165) is 45.0 Å². The third-order valence-electron chi connectivity index (χ3n) is 5.64. The van der Waals surface area contributed by atoms with Crippen molar-refractivity contribution in [3.05, 3.63) is 29.8 Å². The molecule has 1 saturated carbocycles. The van der Waals surface area contributed by atoms with Crippen LogP contribution in [0, 0.1) is 0 Å². The number of rotatable bonds is 5. The van der Waals surface area contributed by atoms with Crippen molar-refractivity contribution in [2.45, 2.75) is 51.0 Å². The maximum Gasteiger partial charge on any atom is 0.193 e. The summed E-state index contributed by atoms with van der Waals surface area (Å²) < 4.78 is 5.54.